The Balaban J connectivity index is 1.73. The van der Waals surface area contributed by atoms with Gasteiger partial charge in [0, 0.05) is 44.4 Å². The van der Waals surface area contributed by atoms with Gasteiger partial charge in [0.15, 0.2) is 9.84 Å². The van der Waals surface area contributed by atoms with Gasteiger partial charge in [-0.05, 0) is 55.8 Å². The third-order valence-corrected chi connectivity index (χ3v) is 8.63. The van der Waals surface area contributed by atoms with E-state index in [0.717, 1.165) is 12.8 Å². The molecule has 0 saturated carbocycles. The molecule has 2 aromatic rings. The van der Waals surface area contributed by atoms with Gasteiger partial charge in [-0.2, -0.15) is 0 Å². The van der Waals surface area contributed by atoms with Crippen LogP contribution in [0, 0.1) is 0 Å². The maximum absolute atomic E-state index is 16.8. The van der Waals surface area contributed by atoms with E-state index < -0.39 is 21.4 Å². The number of carbonyl (C=O) groups is 1. The lowest BCUT2D eigenvalue weighted by Gasteiger charge is -2.35. The summed E-state index contributed by atoms with van der Waals surface area (Å²) in [6, 6.07) is 9.46. The van der Waals surface area contributed by atoms with Gasteiger partial charge in [-0.25, -0.2) is 12.8 Å². The molecule has 1 aliphatic heterocycles. The summed E-state index contributed by atoms with van der Waals surface area (Å²) in [6.07, 6.45) is 2.56. The average molecular weight is 613 g/mol. The van der Waals surface area contributed by atoms with Gasteiger partial charge in [-0.1, -0.05) is 58.5 Å². The van der Waals surface area contributed by atoms with Crippen LogP contribution in [0.15, 0.2) is 36.4 Å². The zero-order chi connectivity index (χ0) is 27.4. The normalized spacial score (nSPS) is 16.9. The molecule has 6 nitrogen and oxygen atoms in total. The number of nitrogens with zero attached hydrogens (tertiary/aromatic N) is 2. The monoisotopic (exact) mass is 611 g/mol. The predicted octanol–water partition coefficient (Wildman–Crippen LogP) is 5.57. The summed E-state index contributed by atoms with van der Waals surface area (Å²) >= 11 is 24.3. The molecule has 1 aliphatic rings. The van der Waals surface area contributed by atoms with Crippen LogP contribution in [0.4, 0.5) is 4.39 Å². The molecular weight excluding hydrogens is 583 g/mol. The van der Waals surface area contributed by atoms with Crippen LogP contribution < -0.4 is 5.32 Å². The Labute approximate surface area is 237 Å². The number of nitrogens with one attached hydrogen (secondary N) is 1. The quantitative estimate of drug-likeness (QED) is 0.380. The molecule has 1 saturated heterocycles. The van der Waals surface area contributed by atoms with Crippen molar-refractivity contribution in [2.45, 2.75) is 37.5 Å². The first-order valence-corrected chi connectivity index (χ1v) is 15.3. The third kappa shape index (κ3) is 8.43. The molecule has 0 radical (unpaired) electrons. The van der Waals surface area contributed by atoms with Gasteiger partial charge >= 0.3 is 0 Å². The second kappa shape index (κ2) is 12.8. The van der Waals surface area contributed by atoms with Gasteiger partial charge < -0.3 is 15.1 Å². The minimum Gasteiger partial charge on any atom is -0.338 e. The first-order valence-electron chi connectivity index (χ1n) is 11.8. The SMILES string of the molecule is CN(Cc1ccc(Cl)c(Cl)c1)C(=O)C(F)(CCN1CCC(NCS(C)(=O)=O)CC1)c1ccc(Cl)c(Cl)c1. The van der Waals surface area contributed by atoms with E-state index in [2.05, 4.69) is 10.2 Å². The summed E-state index contributed by atoms with van der Waals surface area (Å²) in [7, 11) is -1.56. The average Bonchev–Trinajstić information content (AvgIpc) is 2.84. The van der Waals surface area contributed by atoms with Gasteiger partial charge in [-0.3, -0.25) is 4.79 Å². The van der Waals surface area contributed by atoms with E-state index in [0.29, 0.717) is 35.2 Å². The molecule has 0 aliphatic carbocycles. The lowest BCUT2D eigenvalue weighted by Crippen LogP contribution is -2.47. The highest BCUT2D eigenvalue weighted by Crippen LogP contribution is 2.36. The highest BCUT2D eigenvalue weighted by Gasteiger charge is 2.43. The third-order valence-electron chi connectivity index (χ3n) is 6.46. The number of sulfone groups is 1. The van der Waals surface area contributed by atoms with Crippen molar-refractivity contribution in [3.05, 3.63) is 67.6 Å². The molecule has 12 heteroatoms. The predicted molar refractivity (Wildman–Crippen MR) is 149 cm³/mol. The number of likely N-dealkylation sites (tertiary alicyclic amines) is 1. The minimum atomic E-state index is -3.10. The van der Waals surface area contributed by atoms with Crippen molar-refractivity contribution in [1.82, 2.24) is 15.1 Å². The van der Waals surface area contributed by atoms with E-state index >= 15 is 4.39 Å². The highest BCUT2D eigenvalue weighted by atomic mass is 35.5. The number of hydrogen-bond acceptors (Lipinski definition) is 5. The summed E-state index contributed by atoms with van der Waals surface area (Å²) in [6.45, 7) is 1.79. The molecular formula is C25H30Cl4FN3O3S. The molecule has 0 bridgehead atoms. The van der Waals surface area contributed by atoms with Crippen molar-refractivity contribution in [2.24, 2.45) is 0 Å². The number of hydrogen-bond donors (Lipinski definition) is 1. The first kappa shape index (κ1) is 30.4. The number of alkyl halides is 1. The summed E-state index contributed by atoms with van der Waals surface area (Å²) < 4.78 is 39.6. The molecule has 1 unspecified atom stereocenters. The molecule has 1 heterocycles. The largest absolute Gasteiger partial charge is 0.338 e. The zero-order valence-corrected chi connectivity index (χ0v) is 24.5. The van der Waals surface area contributed by atoms with Crippen LogP contribution in [0.3, 0.4) is 0 Å². The molecule has 3 rings (SSSR count). The van der Waals surface area contributed by atoms with Gasteiger partial charge in [0.2, 0.25) is 5.67 Å². The lowest BCUT2D eigenvalue weighted by molar-refractivity contribution is -0.145. The lowest BCUT2D eigenvalue weighted by atomic mass is 9.90. The van der Waals surface area contributed by atoms with E-state index in [9.17, 15) is 13.2 Å². The standard InChI is InChI=1S/C25H30Cl4FN3O3S/c1-32(15-17-3-5-20(26)22(28)13-17)24(34)25(30,18-4-6-21(27)23(29)14-18)9-12-33-10-7-19(8-11-33)31-16-37(2,35)36/h3-6,13-14,19,31H,7-12,15-16H2,1-2H3. The number of halogens is 5. The Kier molecular flexibility index (Phi) is 10.5. The Hall–Kier alpha value is -1.13. The fourth-order valence-electron chi connectivity index (χ4n) is 4.35. The van der Waals surface area contributed by atoms with Gasteiger partial charge in [0.05, 0.1) is 26.0 Å². The van der Waals surface area contributed by atoms with E-state index in [4.69, 9.17) is 46.4 Å². The Morgan fingerprint density at radius 3 is 2.22 bits per heavy atom. The van der Waals surface area contributed by atoms with Crippen molar-refractivity contribution in [3.8, 4) is 0 Å². The van der Waals surface area contributed by atoms with E-state index in [1.54, 1.807) is 18.2 Å². The maximum Gasteiger partial charge on any atom is 0.265 e. The molecule has 204 valence electrons. The van der Waals surface area contributed by atoms with Crippen molar-refractivity contribution >= 4 is 62.1 Å². The maximum atomic E-state index is 16.8. The minimum absolute atomic E-state index is 0.0672. The summed E-state index contributed by atoms with van der Waals surface area (Å²) in [5.41, 5.74) is -1.49. The number of rotatable bonds is 10. The van der Waals surface area contributed by atoms with Crippen molar-refractivity contribution < 1.29 is 17.6 Å². The number of piperidine rings is 1. The number of carbonyl (C=O) groups excluding carboxylic acids is 1. The zero-order valence-electron chi connectivity index (χ0n) is 20.6. The smallest absolute Gasteiger partial charge is 0.265 e. The number of amides is 1. The Bertz CT molecular complexity index is 1230. The van der Waals surface area contributed by atoms with Crippen LogP contribution >= 0.6 is 46.4 Å². The van der Waals surface area contributed by atoms with Crippen molar-refractivity contribution in [3.63, 3.8) is 0 Å². The van der Waals surface area contributed by atoms with Crippen LogP contribution in [0.25, 0.3) is 0 Å². The van der Waals surface area contributed by atoms with Crippen LogP contribution in [0.5, 0.6) is 0 Å². The van der Waals surface area contributed by atoms with Gasteiger partial charge in [0.25, 0.3) is 5.91 Å². The molecule has 2 aromatic carbocycles. The van der Waals surface area contributed by atoms with Gasteiger partial charge in [0.1, 0.15) is 0 Å². The summed E-state index contributed by atoms with van der Waals surface area (Å²) in [5, 5.41) is 4.24. The van der Waals surface area contributed by atoms with Crippen molar-refractivity contribution in [1.29, 1.82) is 0 Å². The molecule has 0 spiro atoms. The molecule has 1 atom stereocenters. The van der Waals surface area contributed by atoms with Crippen LogP contribution in [-0.2, 0) is 26.8 Å². The molecule has 1 amide bonds. The highest BCUT2D eigenvalue weighted by molar-refractivity contribution is 7.90. The Morgan fingerprint density at radius 1 is 1.05 bits per heavy atom. The van der Waals surface area contributed by atoms with Crippen LogP contribution in [0.2, 0.25) is 20.1 Å². The molecule has 1 fully saturated rings. The van der Waals surface area contributed by atoms with Crippen LogP contribution in [-0.4, -0.2) is 69.0 Å². The number of likely N-dealkylation sites (N-methyl/N-ethyl adjacent to an activating group) is 1. The number of benzene rings is 2. The van der Waals surface area contributed by atoms with Crippen LogP contribution in [0.1, 0.15) is 30.4 Å². The second-order valence-electron chi connectivity index (χ2n) is 9.48. The fourth-order valence-corrected chi connectivity index (χ4v) is 5.50. The van der Waals surface area contributed by atoms with E-state index in [1.165, 1.54) is 36.4 Å². The fraction of sp³-hybridized carbons (Fsp3) is 0.480. The van der Waals surface area contributed by atoms with E-state index in [-0.39, 0.29) is 40.5 Å². The molecule has 1 N–H and O–H groups in total. The molecule has 0 aromatic heterocycles. The first-order chi connectivity index (χ1) is 17.3. The summed E-state index contributed by atoms with van der Waals surface area (Å²) in [5.74, 6) is -0.774. The second-order valence-corrected chi connectivity index (χ2v) is 13.2. The summed E-state index contributed by atoms with van der Waals surface area (Å²) in [4.78, 5) is 17.0. The molecule has 37 heavy (non-hydrogen) atoms. The van der Waals surface area contributed by atoms with E-state index in [1.807, 2.05) is 0 Å². The topological polar surface area (TPSA) is 69.7 Å². The van der Waals surface area contributed by atoms with Crippen molar-refractivity contribution in [2.75, 3.05) is 38.8 Å². The van der Waals surface area contributed by atoms with Gasteiger partial charge in [-0.15, -0.1) is 0 Å². The Morgan fingerprint density at radius 2 is 1.65 bits per heavy atom.